The first-order valence-electron chi connectivity index (χ1n) is 8.18. The predicted octanol–water partition coefficient (Wildman–Crippen LogP) is 2.71. The van der Waals surface area contributed by atoms with Crippen molar-refractivity contribution in [3.05, 3.63) is 0 Å². The Balaban J connectivity index is 3.16. The third-order valence-electron chi connectivity index (χ3n) is 3.03. The maximum Gasteiger partial charge on any atom is 0.163 e. The van der Waals surface area contributed by atoms with Crippen LogP contribution in [0.1, 0.15) is 41.0 Å². The van der Waals surface area contributed by atoms with Crippen LogP contribution in [0.4, 0.5) is 0 Å². The van der Waals surface area contributed by atoms with Crippen LogP contribution in [0, 0.1) is 11.3 Å². The zero-order chi connectivity index (χ0) is 16.8. The zero-order valence-electron chi connectivity index (χ0n) is 15.0. The molecule has 132 valence electrons. The number of ether oxygens (including phenoxy) is 4. The maximum atomic E-state index is 11.6. The topological polar surface area (TPSA) is 54.0 Å². The second-order valence-electron chi connectivity index (χ2n) is 6.75. The first kappa shape index (κ1) is 21.5. The smallest absolute Gasteiger partial charge is 0.163 e. The number of carbonyl (C=O) groups excluding carboxylic acids is 1. The summed E-state index contributed by atoms with van der Waals surface area (Å²) in [6.45, 7) is 14.2. The summed E-state index contributed by atoms with van der Waals surface area (Å²) >= 11 is 0. The van der Waals surface area contributed by atoms with Crippen LogP contribution in [0.5, 0.6) is 0 Å². The molecule has 0 fully saturated rings. The van der Waals surface area contributed by atoms with Gasteiger partial charge in [0.05, 0.1) is 39.6 Å². The Kier molecular flexibility index (Phi) is 12.7. The van der Waals surface area contributed by atoms with Crippen molar-refractivity contribution in [2.24, 2.45) is 11.3 Å². The molecule has 0 radical (unpaired) electrons. The Hall–Kier alpha value is -0.490. The highest BCUT2D eigenvalue weighted by Crippen LogP contribution is 2.14. The fraction of sp³-hybridized carbons (Fsp3) is 0.941. The molecule has 0 N–H and O–H groups in total. The summed E-state index contributed by atoms with van der Waals surface area (Å²) in [7, 11) is 0. The quantitative estimate of drug-likeness (QED) is 0.461. The molecule has 0 amide bonds. The van der Waals surface area contributed by atoms with Crippen molar-refractivity contribution in [3.63, 3.8) is 0 Å². The van der Waals surface area contributed by atoms with E-state index in [9.17, 15) is 4.79 Å². The summed E-state index contributed by atoms with van der Waals surface area (Å²) in [5.74, 6) is 0.781. The summed E-state index contributed by atoms with van der Waals surface area (Å²) in [5.41, 5.74) is -0.341. The number of rotatable bonds is 14. The molecule has 0 spiro atoms. The van der Waals surface area contributed by atoms with Crippen LogP contribution in [0.15, 0.2) is 0 Å². The molecule has 0 aliphatic rings. The fourth-order valence-electron chi connectivity index (χ4n) is 1.36. The van der Waals surface area contributed by atoms with E-state index in [4.69, 9.17) is 18.9 Å². The SMILES string of the molecule is CC(C)CCOCCOCCOCCOCC(=O)C(C)(C)C. The van der Waals surface area contributed by atoms with Crippen LogP contribution in [0.3, 0.4) is 0 Å². The number of ketones is 1. The summed E-state index contributed by atoms with van der Waals surface area (Å²) in [5, 5.41) is 0. The molecule has 0 aliphatic heterocycles. The third kappa shape index (κ3) is 14.4. The molecule has 22 heavy (non-hydrogen) atoms. The van der Waals surface area contributed by atoms with E-state index < -0.39 is 0 Å². The molecular formula is C17H34O5. The molecule has 0 saturated carbocycles. The monoisotopic (exact) mass is 318 g/mol. The third-order valence-corrected chi connectivity index (χ3v) is 3.03. The van der Waals surface area contributed by atoms with Crippen LogP contribution in [-0.4, -0.2) is 58.6 Å². The van der Waals surface area contributed by atoms with E-state index in [0.29, 0.717) is 45.6 Å². The summed E-state index contributed by atoms with van der Waals surface area (Å²) in [4.78, 5) is 11.6. The minimum Gasteiger partial charge on any atom is -0.379 e. The van der Waals surface area contributed by atoms with Gasteiger partial charge in [-0.1, -0.05) is 34.6 Å². The lowest BCUT2D eigenvalue weighted by Crippen LogP contribution is -2.25. The van der Waals surface area contributed by atoms with Gasteiger partial charge in [-0.15, -0.1) is 0 Å². The Labute approximate surface area is 135 Å². The average Bonchev–Trinajstić information content (AvgIpc) is 2.42. The molecule has 0 aromatic rings. The lowest BCUT2D eigenvalue weighted by atomic mass is 9.91. The van der Waals surface area contributed by atoms with Crippen molar-refractivity contribution in [1.82, 2.24) is 0 Å². The highest BCUT2D eigenvalue weighted by molar-refractivity contribution is 5.84. The van der Waals surface area contributed by atoms with E-state index in [2.05, 4.69) is 13.8 Å². The van der Waals surface area contributed by atoms with Crippen molar-refractivity contribution >= 4 is 5.78 Å². The Bertz CT molecular complexity index is 271. The number of hydrogen-bond acceptors (Lipinski definition) is 5. The van der Waals surface area contributed by atoms with Crippen LogP contribution in [0.2, 0.25) is 0 Å². The molecule has 0 bridgehead atoms. The van der Waals surface area contributed by atoms with Crippen LogP contribution < -0.4 is 0 Å². The van der Waals surface area contributed by atoms with Crippen LogP contribution >= 0.6 is 0 Å². The predicted molar refractivity (Wildman–Crippen MR) is 87.2 cm³/mol. The van der Waals surface area contributed by atoms with E-state index in [1.165, 1.54) is 0 Å². The lowest BCUT2D eigenvalue weighted by molar-refractivity contribution is -0.131. The van der Waals surface area contributed by atoms with Gasteiger partial charge in [-0.05, 0) is 12.3 Å². The largest absolute Gasteiger partial charge is 0.379 e. The number of carbonyl (C=O) groups is 1. The molecule has 0 unspecified atom stereocenters. The average molecular weight is 318 g/mol. The molecule has 0 rings (SSSR count). The molecule has 5 heteroatoms. The van der Waals surface area contributed by atoms with Crippen molar-refractivity contribution < 1.29 is 23.7 Å². The van der Waals surface area contributed by atoms with Gasteiger partial charge in [0.2, 0.25) is 0 Å². The van der Waals surface area contributed by atoms with Crippen LogP contribution in [-0.2, 0) is 23.7 Å². The van der Waals surface area contributed by atoms with E-state index in [0.717, 1.165) is 13.0 Å². The molecular weight excluding hydrogens is 284 g/mol. The van der Waals surface area contributed by atoms with Crippen molar-refractivity contribution in [2.75, 3.05) is 52.9 Å². The fourth-order valence-corrected chi connectivity index (χ4v) is 1.36. The highest BCUT2D eigenvalue weighted by atomic mass is 16.6. The highest BCUT2D eigenvalue weighted by Gasteiger charge is 2.20. The minimum absolute atomic E-state index is 0.105. The van der Waals surface area contributed by atoms with Gasteiger partial charge in [0, 0.05) is 12.0 Å². The standard InChI is InChI=1S/C17H34O5/c1-15(2)6-7-19-8-9-20-10-11-21-12-13-22-14-16(18)17(3,4)5/h15H,6-14H2,1-5H3. The van der Waals surface area contributed by atoms with E-state index in [1.54, 1.807) is 0 Å². The molecule has 0 saturated heterocycles. The maximum absolute atomic E-state index is 11.6. The van der Waals surface area contributed by atoms with Crippen molar-refractivity contribution in [2.45, 2.75) is 41.0 Å². The van der Waals surface area contributed by atoms with Crippen molar-refractivity contribution in [1.29, 1.82) is 0 Å². The second kappa shape index (κ2) is 13.0. The van der Waals surface area contributed by atoms with E-state index in [-0.39, 0.29) is 17.8 Å². The lowest BCUT2D eigenvalue weighted by Gasteiger charge is -2.16. The van der Waals surface area contributed by atoms with Gasteiger partial charge in [-0.3, -0.25) is 4.79 Å². The van der Waals surface area contributed by atoms with Gasteiger partial charge in [-0.2, -0.15) is 0 Å². The van der Waals surface area contributed by atoms with E-state index in [1.807, 2.05) is 20.8 Å². The first-order chi connectivity index (χ1) is 10.3. The Morgan fingerprint density at radius 1 is 0.773 bits per heavy atom. The van der Waals surface area contributed by atoms with Gasteiger partial charge in [0.15, 0.2) is 5.78 Å². The Morgan fingerprint density at radius 3 is 1.59 bits per heavy atom. The van der Waals surface area contributed by atoms with Crippen LogP contribution in [0.25, 0.3) is 0 Å². The second-order valence-corrected chi connectivity index (χ2v) is 6.75. The number of hydrogen-bond donors (Lipinski definition) is 0. The van der Waals surface area contributed by atoms with Gasteiger partial charge in [0.1, 0.15) is 6.61 Å². The summed E-state index contributed by atoms with van der Waals surface area (Å²) < 4.78 is 21.5. The van der Waals surface area contributed by atoms with Gasteiger partial charge >= 0.3 is 0 Å². The molecule has 0 aliphatic carbocycles. The Morgan fingerprint density at radius 2 is 1.18 bits per heavy atom. The molecule has 5 nitrogen and oxygen atoms in total. The molecule has 0 heterocycles. The first-order valence-corrected chi connectivity index (χ1v) is 8.18. The normalized spacial score (nSPS) is 12.1. The van der Waals surface area contributed by atoms with Gasteiger partial charge < -0.3 is 18.9 Å². The van der Waals surface area contributed by atoms with Gasteiger partial charge in [0.25, 0.3) is 0 Å². The van der Waals surface area contributed by atoms with Crippen molar-refractivity contribution in [3.8, 4) is 0 Å². The molecule has 0 aromatic carbocycles. The minimum atomic E-state index is -0.341. The molecule has 0 atom stereocenters. The summed E-state index contributed by atoms with van der Waals surface area (Å²) in [6.07, 6.45) is 1.08. The summed E-state index contributed by atoms with van der Waals surface area (Å²) in [6, 6.07) is 0. The molecule has 0 aromatic heterocycles. The van der Waals surface area contributed by atoms with Gasteiger partial charge in [-0.25, -0.2) is 0 Å². The number of Topliss-reactive ketones (excluding diaryl/α,β-unsaturated/α-hetero) is 1. The zero-order valence-corrected chi connectivity index (χ0v) is 15.0. The van der Waals surface area contributed by atoms with E-state index >= 15 is 0 Å².